The Labute approximate surface area is 566 Å². The number of carbonyl (C=O) groups excluding carboxylic acids is 2. The zero-order valence-electron chi connectivity index (χ0n) is 50.7. The van der Waals surface area contributed by atoms with Crippen LogP contribution in [0.25, 0.3) is 92.2 Å². The lowest BCUT2D eigenvalue weighted by molar-refractivity contribution is 0.103. The van der Waals surface area contributed by atoms with Crippen LogP contribution in [0.5, 0.6) is 0 Å². The minimum absolute atomic E-state index is 0.0765. The van der Waals surface area contributed by atoms with Gasteiger partial charge >= 0.3 is 5.82 Å². The van der Waals surface area contributed by atoms with Crippen LogP contribution in [0.4, 0.5) is 0 Å². The molecule has 94 heavy (non-hydrogen) atoms. The van der Waals surface area contributed by atoms with Crippen LogP contribution in [0.15, 0.2) is 217 Å². The van der Waals surface area contributed by atoms with E-state index in [2.05, 4.69) is 177 Å². The number of carbonyl (C=O) groups is 2. The van der Waals surface area contributed by atoms with Crippen molar-refractivity contribution < 1.29 is 9.59 Å². The Morgan fingerprint density at radius 2 is 0.862 bits per heavy atom. The average Bonchev–Trinajstić information content (AvgIpc) is 1.49. The van der Waals surface area contributed by atoms with Gasteiger partial charge in [0.05, 0.1) is 30.5 Å². The Hall–Kier alpha value is -10.5. The maximum Gasteiger partial charge on any atom is 0.528 e. The van der Waals surface area contributed by atoms with Gasteiger partial charge in [-0.05, 0) is 150 Å². The van der Waals surface area contributed by atoms with Crippen LogP contribution in [0.2, 0.25) is 0 Å². The third-order valence-electron chi connectivity index (χ3n) is 19.0. The fourth-order valence-corrected chi connectivity index (χ4v) is 22.5. The summed E-state index contributed by atoms with van der Waals surface area (Å²) < 4.78 is 5.01. The number of aryl methyl sites for hydroxylation is 4. The highest BCUT2D eigenvalue weighted by Gasteiger charge is 2.54. The van der Waals surface area contributed by atoms with Gasteiger partial charge in [0.25, 0.3) is 0 Å². The summed E-state index contributed by atoms with van der Waals surface area (Å²) in [5.74, 6) is -0.488. The smallest absolute Gasteiger partial charge is 0.289 e. The van der Waals surface area contributed by atoms with Crippen molar-refractivity contribution in [3.63, 3.8) is 0 Å². The second-order valence-corrected chi connectivity index (χ2v) is 30.7. The first-order chi connectivity index (χ1) is 45.8. The summed E-state index contributed by atoms with van der Waals surface area (Å²) in [6, 6.07) is 73.5. The first-order valence-corrected chi connectivity index (χ1v) is 35.3. The number of rotatable bonds is 8. The van der Waals surface area contributed by atoms with E-state index in [1.165, 1.54) is 106 Å². The van der Waals surface area contributed by atoms with Crippen LogP contribution < -0.4 is 0 Å². The Morgan fingerprint density at radius 3 is 1.36 bits per heavy atom. The molecular weight excluding hydrogens is 1270 g/mol. The molecule has 0 saturated carbocycles. The molecule has 0 amide bonds. The van der Waals surface area contributed by atoms with Gasteiger partial charge in [0.2, 0.25) is 0 Å². The second-order valence-electron chi connectivity index (χ2n) is 24.3. The number of benzene rings is 7. The molecule has 6 heterocycles. The Kier molecular flexibility index (Phi) is 13.2. The van der Waals surface area contributed by atoms with Crippen molar-refractivity contribution in [3.05, 3.63) is 338 Å². The number of hydrogen-bond acceptors (Lipinski definition) is 10. The molecule has 6 aromatic heterocycles. The van der Waals surface area contributed by atoms with Crippen LogP contribution >= 0.6 is 68.0 Å². The molecule has 0 radical (unpaired) electrons. The predicted molar refractivity (Wildman–Crippen MR) is 389 cm³/mol. The maximum atomic E-state index is 14.2. The molecule has 0 fully saturated rings. The van der Waals surface area contributed by atoms with Crippen molar-refractivity contribution >= 4 is 122 Å². The van der Waals surface area contributed by atoms with E-state index < -0.39 is 10.8 Å². The first-order valence-electron chi connectivity index (χ1n) is 30.4. The maximum absolute atomic E-state index is 14.2. The van der Waals surface area contributed by atoms with Gasteiger partial charge in [-0.3, -0.25) is 9.59 Å². The highest BCUT2D eigenvalue weighted by Crippen LogP contribution is 2.68. The van der Waals surface area contributed by atoms with E-state index in [0.717, 1.165) is 29.3 Å². The summed E-state index contributed by atoms with van der Waals surface area (Å²) >= 11 is 10.6. The van der Waals surface area contributed by atoms with Crippen molar-refractivity contribution in [3.8, 4) is 52.5 Å². The number of hydrogen-bond donors (Lipinski definition) is 0. The average molecular weight is 1310 g/mol. The SMILES string of the molecule is [C-]#[N+]C([N+]#[C-])=C1/C(=C/c2ccc(-c3cc4c(s3)-c3cc5c(cc3C4(c3ccc(C)cc3)c3ccc(C)cc3)-c3sc4c(sc6cc(-c7ccc(/C=C8\C(=O)c9ccccc9C8=C(C#N)C#N)s7)sc64)c3C5(c3ccc(C)cc3)c3ccc(C)cc3)s2)C(=O)c2ccccc21. The van der Waals surface area contributed by atoms with Crippen LogP contribution in [0.3, 0.4) is 0 Å². The van der Waals surface area contributed by atoms with E-state index in [9.17, 15) is 20.1 Å². The van der Waals surface area contributed by atoms with Gasteiger partial charge in [-0.25, -0.2) is 0 Å². The molecule has 17 rings (SSSR count). The fourth-order valence-electron chi connectivity index (χ4n) is 14.7. The number of nitriles is 2. The van der Waals surface area contributed by atoms with Crippen LogP contribution in [0.1, 0.15) is 108 Å². The zero-order valence-corrected chi connectivity index (χ0v) is 55.6. The molecule has 0 atom stereocenters. The molecule has 6 nitrogen and oxygen atoms in total. The summed E-state index contributed by atoms with van der Waals surface area (Å²) in [7, 11) is 0. The third kappa shape index (κ3) is 8.22. The van der Waals surface area contributed by atoms with Crippen LogP contribution in [0, 0.1) is 63.5 Å². The summed E-state index contributed by atoms with van der Waals surface area (Å²) in [5.41, 5.74) is 19.1. The number of thiophene rings is 6. The van der Waals surface area contributed by atoms with Gasteiger partial charge in [0.15, 0.2) is 11.6 Å². The molecule has 0 unspecified atom stereocenters. The fraction of sp³-hybridized carbons (Fsp3) is 0.0732. The molecule has 0 spiro atoms. The lowest BCUT2D eigenvalue weighted by Gasteiger charge is -2.35. The quantitative estimate of drug-likeness (QED) is 0.0861. The largest absolute Gasteiger partial charge is 0.528 e. The highest BCUT2D eigenvalue weighted by molar-refractivity contribution is 7.41. The Balaban J connectivity index is 0.873. The molecule has 13 aromatic rings. The number of ketones is 2. The standard InChI is InChI=1S/C82H46N4O2S6/c1-43-15-23-48(24-16-43)81(49-25-17-44(2)18-26-49)62-38-59-63(37-58(62)75-64(81)39-67(91-75)65-33-31-53(89-65)36-61-71(80(85-5)86-6)55-12-8-10-14-57(55)74(61)88)82(50-27-19-45(3)20-28-50,51-29-21-46(4)22-30-51)72-76(59)94-79-77-69(93-78(72)79)40-68(92-77)66-34-32-52(90-66)35-60-70(47(41-83)42-84)54-11-7-9-13-56(54)73(60)87/h7-40H,1-4H3/b60-35-,61-36-. The summed E-state index contributed by atoms with van der Waals surface area (Å²) in [4.78, 5) is 43.8. The summed E-state index contributed by atoms with van der Waals surface area (Å²) in [6.07, 6.45) is 3.71. The number of fused-ring (bicyclic) bond motifs is 12. The van der Waals surface area contributed by atoms with Crippen molar-refractivity contribution in [2.24, 2.45) is 0 Å². The number of Topliss-reactive ketones (excluding diaryl/α,β-unsaturated/α-hetero) is 2. The molecule has 0 saturated heterocycles. The summed E-state index contributed by atoms with van der Waals surface area (Å²) in [6.45, 7) is 24.5. The molecule has 442 valence electrons. The molecule has 4 aliphatic carbocycles. The molecule has 0 aliphatic heterocycles. The summed E-state index contributed by atoms with van der Waals surface area (Å²) in [5, 5.41) is 20.1. The topological polar surface area (TPSA) is 90.4 Å². The van der Waals surface area contributed by atoms with E-state index in [4.69, 9.17) is 13.1 Å². The second kappa shape index (κ2) is 21.6. The molecule has 4 aliphatic rings. The normalized spacial score (nSPS) is 15.2. The molecule has 12 heteroatoms. The molecular formula is C82H46N4O2S6. The van der Waals surface area contributed by atoms with E-state index in [0.29, 0.717) is 44.5 Å². The minimum atomic E-state index is -0.741. The number of nitrogens with zero attached hydrogens (tertiary/aromatic N) is 4. The van der Waals surface area contributed by atoms with Crippen molar-refractivity contribution in [1.82, 2.24) is 0 Å². The Morgan fingerprint density at radius 1 is 0.415 bits per heavy atom. The van der Waals surface area contributed by atoms with Gasteiger partial charge in [0, 0.05) is 77.1 Å². The van der Waals surface area contributed by atoms with Gasteiger partial charge in [-0.2, -0.15) is 20.2 Å². The first kappa shape index (κ1) is 57.4. The van der Waals surface area contributed by atoms with E-state index in [-0.39, 0.29) is 23.0 Å². The minimum Gasteiger partial charge on any atom is -0.289 e. The van der Waals surface area contributed by atoms with Crippen molar-refractivity contribution in [2.75, 3.05) is 0 Å². The molecule has 0 N–H and O–H groups in total. The van der Waals surface area contributed by atoms with E-state index in [1.54, 1.807) is 52.2 Å². The van der Waals surface area contributed by atoms with Gasteiger partial charge < -0.3 is 0 Å². The van der Waals surface area contributed by atoms with E-state index >= 15 is 0 Å². The molecule has 7 aromatic carbocycles. The van der Waals surface area contributed by atoms with Gasteiger partial charge in [-0.15, -0.1) is 68.0 Å². The third-order valence-corrected chi connectivity index (χ3v) is 26.6. The van der Waals surface area contributed by atoms with Crippen molar-refractivity contribution in [2.45, 2.75) is 38.5 Å². The van der Waals surface area contributed by atoms with Gasteiger partial charge in [-0.1, -0.05) is 168 Å². The van der Waals surface area contributed by atoms with Crippen LogP contribution in [-0.2, 0) is 10.8 Å². The molecule has 0 bridgehead atoms. The van der Waals surface area contributed by atoms with E-state index in [1.807, 2.05) is 94.7 Å². The monoisotopic (exact) mass is 1310 g/mol. The van der Waals surface area contributed by atoms with Crippen LogP contribution in [-0.4, -0.2) is 11.6 Å². The van der Waals surface area contributed by atoms with Gasteiger partial charge in [0.1, 0.15) is 30.9 Å². The van der Waals surface area contributed by atoms with Crippen molar-refractivity contribution in [1.29, 1.82) is 10.5 Å². The predicted octanol–water partition coefficient (Wildman–Crippen LogP) is 22.5. The lowest BCUT2D eigenvalue weighted by Crippen LogP contribution is -2.30. The zero-order chi connectivity index (χ0) is 64.1. The lowest BCUT2D eigenvalue weighted by atomic mass is 9.65. The number of allylic oxidation sites excluding steroid dienone is 5. The highest BCUT2D eigenvalue weighted by atomic mass is 32.1. The Bertz CT molecular complexity index is 5730.